The van der Waals surface area contributed by atoms with E-state index in [2.05, 4.69) is 39.8 Å². The van der Waals surface area contributed by atoms with Gasteiger partial charge in [-0.2, -0.15) is 0 Å². The molecule has 0 N–H and O–H groups in total. The molecule has 0 saturated carbocycles. The Kier molecular flexibility index (Phi) is 33.2. The molecule has 12 heteroatoms. The SMILES string of the molecule is CCOP(=O)(Cl)OCC.CCO[P+](=O)OCC.Cl.ClCl. The van der Waals surface area contributed by atoms with Gasteiger partial charge in [0.1, 0.15) is 13.2 Å². The van der Waals surface area contributed by atoms with Gasteiger partial charge >= 0.3 is 15.2 Å². The molecule has 0 fully saturated rings. The molecule has 0 unspecified atom stereocenters. The first-order valence-electron chi connectivity index (χ1n) is 5.39. The topological polar surface area (TPSA) is 71.1 Å². The molecule has 0 bridgehead atoms. The normalized spacial score (nSPS) is 9.35. The number of hydrogen-bond acceptors (Lipinski definition) is 6. The average Bonchev–Trinajstić information content (AvgIpc) is 2.33. The zero-order valence-corrected chi connectivity index (χ0v) is 16.6. The van der Waals surface area contributed by atoms with Crippen molar-refractivity contribution in [1.82, 2.24) is 0 Å². The molecule has 0 aromatic carbocycles. The average molecular weight is 417 g/mol. The van der Waals surface area contributed by atoms with Crippen LogP contribution in [0.15, 0.2) is 0 Å². The fourth-order valence-corrected chi connectivity index (χ4v) is 2.37. The largest absolute Gasteiger partial charge is 0.697 e. The van der Waals surface area contributed by atoms with E-state index in [0.717, 1.165) is 0 Å². The smallest absolute Gasteiger partial charge is 0.297 e. The van der Waals surface area contributed by atoms with Gasteiger partial charge in [-0.25, -0.2) is 4.57 Å². The Labute approximate surface area is 142 Å². The summed E-state index contributed by atoms with van der Waals surface area (Å²) in [5.41, 5.74) is 0. The van der Waals surface area contributed by atoms with Crippen molar-refractivity contribution >= 4 is 60.6 Å². The number of halogens is 4. The molecule has 6 nitrogen and oxygen atoms in total. The predicted octanol–water partition coefficient (Wildman–Crippen LogP) is 5.92. The third-order valence-electron chi connectivity index (χ3n) is 1.04. The maximum atomic E-state index is 10.7. The van der Waals surface area contributed by atoms with E-state index in [9.17, 15) is 9.13 Å². The molecule has 0 rings (SSSR count). The molecule has 0 aromatic rings. The van der Waals surface area contributed by atoms with Gasteiger partial charge in [0.25, 0.3) is 0 Å². The first-order valence-corrected chi connectivity index (χ1v) is 10.1. The van der Waals surface area contributed by atoms with E-state index >= 15 is 0 Å². The van der Waals surface area contributed by atoms with Crippen molar-refractivity contribution in [3.63, 3.8) is 0 Å². The van der Waals surface area contributed by atoms with Crippen LogP contribution >= 0.6 is 60.6 Å². The second kappa shape index (κ2) is 22.6. The first kappa shape index (κ1) is 29.4. The lowest BCUT2D eigenvalue weighted by atomic mass is 10.9. The summed E-state index contributed by atoms with van der Waals surface area (Å²) < 4.78 is 39.4. The highest BCUT2D eigenvalue weighted by Crippen LogP contribution is 2.53. The summed E-state index contributed by atoms with van der Waals surface area (Å²) in [5.74, 6) is 0. The first-order chi connectivity index (χ1) is 8.93. The van der Waals surface area contributed by atoms with E-state index in [1.54, 1.807) is 27.7 Å². The van der Waals surface area contributed by atoms with Crippen LogP contribution in [0.1, 0.15) is 27.7 Å². The van der Waals surface area contributed by atoms with Gasteiger partial charge in [0, 0.05) is 37.5 Å². The van der Waals surface area contributed by atoms with Gasteiger partial charge in [-0.15, -0.1) is 21.5 Å². The fourth-order valence-electron chi connectivity index (χ4n) is 0.594. The van der Waals surface area contributed by atoms with Crippen LogP contribution in [-0.4, -0.2) is 26.4 Å². The van der Waals surface area contributed by atoms with Crippen LogP contribution < -0.4 is 0 Å². The van der Waals surface area contributed by atoms with E-state index in [0.29, 0.717) is 26.4 Å². The monoisotopic (exact) mass is 415 g/mol. The van der Waals surface area contributed by atoms with Crippen molar-refractivity contribution in [3.05, 3.63) is 0 Å². The lowest BCUT2D eigenvalue weighted by Gasteiger charge is -2.06. The summed E-state index contributed by atoms with van der Waals surface area (Å²) in [6.07, 6.45) is 0. The Bertz CT molecular complexity index is 229. The minimum absolute atomic E-state index is 0. The van der Waals surface area contributed by atoms with Crippen LogP contribution in [0.5, 0.6) is 0 Å². The van der Waals surface area contributed by atoms with E-state index in [-0.39, 0.29) is 12.4 Å². The van der Waals surface area contributed by atoms with Gasteiger partial charge in [-0.1, -0.05) is 0 Å². The molecule has 0 saturated heterocycles. The zero-order chi connectivity index (χ0) is 15.7. The summed E-state index contributed by atoms with van der Waals surface area (Å²) in [6.45, 7) is 5.22. The molecule has 126 valence electrons. The summed E-state index contributed by atoms with van der Waals surface area (Å²) in [5, 5.41) is 0. The lowest BCUT2D eigenvalue weighted by molar-refractivity contribution is 0.235. The summed E-state index contributed by atoms with van der Waals surface area (Å²) in [4.78, 5) is 0. The molecular weight excluding hydrogens is 396 g/mol. The highest BCUT2D eigenvalue weighted by molar-refractivity contribution is 7.81. The molecule has 0 spiro atoms. The third-order valence-corrected chi connectivity index (χ3v) is 3.69. The fraction of sp³-hybridized carbons (Fsp3) is 1.00. The van der Waals surface area contributed by atoms with Gasteiger partial charge in [0.05, 0.1) is 13.2 Å². The molecule has 0 aromatic heterocycles. The molecule has 0 aliphatic heterocycles. The minimum atomic E-state index is -3.22. The van der Waals surface area contributed by atoms with Crippen LogP contribution in [-0.2, 0) is 27.2 Å². The highest BCUT2D eigenvalue weighted by Gasteiger charge is 2.17. The highest BCUT2D eigenvalue weighted by atomic mass is 36.5. The zero-order valence-electron chi connectivity index (χ0n) is 11.7. The molecule has 20 heavy (non-hydrogen) atoms. The van der Waals surface area contributed by atoms with Crippen molar-refractivity contribution in [3.8, 4) is 0 Å². The Morgan fingerprint density at radius 2 is 1.20 bits per heavy atom. The van der Waals surface area contributed by atoms with Crippen molar-refractivity contribution in [2.75, 3.05) is 26.4 Å². The number of rotatable bonds is 8. The van der Waals surface area contributed by atoms with Crippen LogP contribution in [0.4, 0.5) is 0 Å². The third kappa shape index (κ3) is 27.6. The molecule has 0 radical (unpaired) electrons. The Morgan fingerprint density at radius 1 is 0.900 bits per heavy atom. The summed E-state index contributed by atoms with van der Waals surface area (Å²) >= 11 is 5.25. The molecule has 0 amide bonds. The van der Waals surface area contributed by atoms with Crippen molar-refractivity contribution in [1.29, 1.82) is 0 Å². The van der Waals surface area contributed by atoms with Crippen LogP contribution in [0.3, 0.4) is 0 Å². The van der Waals surface area contributed by atoms with Crippen LogP contribution in [0.25, 0.3) is 0 Å². The van der Waals surface area contributed by atoms with Crippen LogP contribution in [0, 0.1) is 0 Å². The second-order valence-electron chi connectivity index (χ2n) is 2.33. The molecule has 0 heterocycles. The van der Waals surface area contributed by atoms with Gasteiger partial charge in [0.15, 0.2) is 0 Å². The predicted molar refractivity (Wildman–Crippen MR) is 86.5 cm³/mol. The minimum Gasteiger partial charge on any atom is -0.297 e. The molecule has 0 aliphatic carbocycles. The summed E-state index contributed by atoms with van der Waals surface area (Å²) in [6, 6.07) is 0. The van der Waals surface area contributed by atoms with E-state index in [1.165, 1.54) is 0 Å². The molecular formula is C8H21Cl4O6P2+. The van der Waals surface area contributed by atoms with Gasteiger partial charge < -0.3 is 0 Å². The quantitative estimate of drug-likeness (QED) is 0.457. The van der Waals surface area contributed by atoms with Gasteiger partial charge in [-0.05, 0) is 27.7 Å². The summed E-state index contributed by atoms with van der Waals surface area (Å²) in [7, 11) is 6.39. The number of hydrogen-bond donors (Lipinski definition) is 0. The Balaban J connectivity index is -0.000000109. The van der Waals surface area contributed by atoms with Crippen LogP contribution in [0.2, 0.25) is 0 Å². The Morgan fingerprint density at radius 3 is 1.40 bits per heavy atom. The van der Waals surface area contributed by atoms with Gasteiger partial charge in [0.2, 0.25) is 0 Å². The van der Waals surface area contributed by atoms with Crippen molar-refractivity contribution < 1.29 is 27.2 Å². The van der Waals surface area contributed by atoms with Crippen molar-refractivity contribution in [2.24, 2.45) is 0 Å². The molecule has 0 aliphatic rings. The van der Waals surface area contributed by atoms with E-state index < -0.39 is 15.2 Å². The molecule has 0 atom stereocenters. The van der Waals surface area contributed by atoms with E-state index in [1.807, 2.05) is 0 Å². The van der Waals surface area contributed by atoms with E-state index in [4.69, 9.17) is 11.2 Å². The maximum Gasteiger partial charge on any atom is 0.697 e. The maximum absolute atomic E-state index is 10.7. The lowest BCUT2D eigenvalue weighted by Crippen LogP contribution is -1.88. The second-order valence-corrected chi connectivity index (χ2v) is 5.91. The Hall–Kier alpha value is 1.33. The van der Waals surface area contributed by atoms with Crippen molar-refractivity contribution in [2.45, 2.75) is 27.7 Å². The standard InChI is InChI=1S/C4H10ClO3P.C4H10O3P.Cl2.ClH/c1-3-7-9(5,6)8-4-2;1-3-6-8(5)7-4-2;1-2;/h3-4H2,1-2H3;3-4H2,1-2H3;;1H/q;+1;;. The van der Waals surface area contributed by atoms with Gasteiger partial charge in [-0.3, -0.25) is 9.05 Å².